The molecule has 2 aromatic rings. The Balaban J connectivity index is 0.000000602. The van der Waals surface area contributed by atoms with Gasteiger partial charge in [0, 0.05) is 65.5 Å². The molecule has 0 aliphatic rings. The summed E-state index contributed by atoms with van der Waals surface area (Å²) in [6.45, 7) is 0.759. The zero-order valence-electron chi connectivity index (χ0n) is 17.8. The first kappa shape index (κ1) is 31.1. The van der Waals surface area contributed by atoms with Crippen molar-refractivity contribution >= 4 is 30.0 Å². The minimum atomic E-state index is -3.92. The van der Waals surface area contributed by atoms with Crippen molar-refractivity contribution in [1.29, 1.82) is 0 Å². The number of nitrogens with zero attached hydrogens (tertiary/aromatic N) is 2. The Bertz CT molecular complexity index is 802. The summed E-state index contributed by atoms with van der Waals surface area (Å²) in [7, 11) is -7.84. The summed E-state index contributed by atoms with van der Waals surface area (Å²) in [6, 6.07) is 13.5. The number of benzene rings is 2. The molecule has 0 amide bonds. The molecule has 0 saturated carbocycles. The molecule has 0 aliphatic heterocycles. The Kier molecular flexibility index (Phi) is 14.9. The third kappa shape index (κ3) is 16.4. The molecular weight excluding hydrogens is 511 g/mol. The summed E-state index contributed by atoms with van der Waals surface area (Å²) < 4.78 is 0. The molecule has 33 heavy (non-hydrogen) atoms. The second-order valence-corrected chi connectivity index (χ2v) is 11.0. The summed E-state index contributed by atoms with van der Waals surface area (Å²) in [5.74, 6) is 0.308. The summed E-state index contributed by atoms with van der Waals surface area (Å²) in [5, 5.41) is 18.8. The number of aliphatic imine (C=N–C) groups is 2. The van der Waals surface area contributed by atoms with Gasteiger partial charge < -0.3 is 39.0 Å². The summed E-state index contributed by atoms with van der Waals surface area (Å²) in [6.07, 6.45) is 3.84. The molecule has 0 unspecified atom stereocenters. The van der Waals surface area contributed by atoms with Gasteiger partial charge in [0.25, 0.3) is 0 Å². The molecule has 0 aromatic heterocycles. The predicted octanol–water partition coefficient (Wildman–Crippen LogP) is 0.231. The molecule has 0 bridgehead atoms. The van der Waals surface area contributed by atoms with E-state index >= 15 is 0 Å². The molecule has 0 atom stereocenters. The molecule has 1 radical (unpaired) electrons. The topological polar surface area (TPSA) is 187 Å². The van der Waals surface area contributed by atoms with E-state index < -0.39 is 17.6 Å². The third-order valence-electron chi connectivity index (χ3n) is 3.93. The fourth-order valence-electron chi connectivity index (χ4n) is 2.33. The van der Waals surface area contributed by atoms with Crippen LogP contribution in [0.4, 0.5) is 0 Å². The Hall–Kier alpha value is -1.92. The maximum atomic E-state index is 9.39. The fraction of sp³-hybridized carbons (Fsp3) is 0.300. The number of hydrogen-bond donors (Lipinski definition) is 8. The number of para-hydroxylation sites is 2. The molecule has 2 aromatic carbocycles. The zero-order valence-corrected chi connectivity index (χ0v) is 20.9. The van der Waals surface area contributed by atoms with Crippen molar-refractivity contribution < 1.29 is 55.8 Å². The van der Waals surface area contributed by atoms with Crippen molar-refractivity contribution in [3.8, 4) is 11.5 Å². The van der Waals surface area contributed by atoms with Crippen LogP contribution in [0.5, 0.6) is 11.5 Å². The molecule has 0 aliphatic carbocycles. The first-order chi connectivity index (χ1) is 15.0. The van der Waals surface area contributed by atoms with Gasteiger partial charge in [-0.15, -0.1) is 0 Å². The molecule has 10 nitrogen and oxygen atoms in total. The molecule has 0 saturated heterocycles. The quantitative estimate of drug-likeness (QED) is 0.119. The van der Waals surface area contributed by atoms with Crippen LogP contribution in [0.2, 0.25) is 12.1 Å². The third-order valence-corrected chi connectivity index (χ3v) is 5.98. The van der Waals surface area contributed by atoms with E-state index in [0.29, 0.717) is 37.1 Å². The normalized spacial score (nSPS) is 11.8. The van der Waals surface area contributed by atoms with Crippen LogP contribution < -0.4 is 0 Å². The van der Waals surface area contributed by atoms with E-state index in [1.54, 1.807) is 48.5 Å². The van der Waals surface area contributed by atoms with Gasteiger partial charge in [-0.3, -0.25) is 9.98 Å². The summed E-state index contributed by atoms with van der Waals surface area (Å²) in [4.78, 5) is 60.4. The number of rotatable bonds is 10. The first-order valence-corrected chi connectivity index (χ1v) is 14.0. The first-order valence-electron chi connectivity index (χ1n) is 9.88. The molecule has 0 heterocycles. The Morgan fingerprint density at radius 2 is 0.939 bits per heavy atom. The van der Waals surface area contributed by atoms with Crippen molar-refractivity contribution in [3.05, 3.63) is 59.7 Å². The van der Waals surface area contributed by atoms with Crippen molar-refractivity contribution in [2.24, 2.45) is 9.98 Å². The van der Waals surface area contributed by atoms with Crippen LogP contribution in [-0.2, 0) is 16.8 Å². The van der Waals surface area contributed by atoms with Gasteiger partial charge in [-0.25, -0.2) is 0 Å². The Morgan fingerprint density at radius 3 is 1.24 bits per heavy atom. The van der Waals surface area contributed by atoms with Crippen LogP contribution in [0, 0.1) is 0 Å². The maximum absolute atomic E-state index is 9.39. The molecule has 0 spiro atoms. The van der Waals surface area contributed by atoms with Gasteiger partial charge in [-0.1, -0.05) is 24.3 Å². The van der Waals surface area contributed by atoms with Crippen LogP contribution in [0.3, 0.4) is 0 Å². The average molecular weight is 542 g/mol. The fourth-order valence-corrected chi connectivity index (χ4v) is 3.60. The minimum Gasteiger partial charge on any atom is -0.507 e. The Morgan fingerprint density at radius 1 is 0.606 bits per heavy atom. The van der Waals surface area contributed by atoms with E-state index in [4.69, 9.17) is 28.8 Å². The molecular formula is C20H30CoN2O8Si2. The van der Waals surface area contributed by atoms with E-state index in [1.165, 1.54) is 12.4 Å². The van der Waals surface area contributed by atoms with Crippen LogP contribution in [0.1, 0.15) is 24.0 Å². The Labute approximate surface area is 204 Å². The second kappa shape index (κ2) is 15.8. The van der Waals surface area contributed by atoms with Crippen LogP contribution in [0.15, 0.2) is 58.5 Å². The van der Waals surface area contributed by atoms with Crippen LogP contribution >= 0.6 is 0 Å². The van der Waals surface area contributed by atoms with Crippen molar-refractivity contribution in [1.82, 2.24) is 0 Å². The van der Waals surface area contributed by atoms with Crippen molar-refractivity contribution in [2.75, 3.05) is 13.1 Å². The van der Waals surface area contributed by atoms with E-state index in [9.17, 15) is 10.2 Å². The van der Waals surface area contributed by atoms with Gasteiger partial charge in [0.1, 0.15) is 11.5 Å². The summed E-state index contributed by atoms with van der Waals surface area (Å²) >= 11 is 0. The van der Waals surface area contributed by atoms with Gasteiger partial charge in [0.2, 0.25) is 0 Å². The van der Waals surface area contributed by atoms with E-state index in [-0.39, 0.29) is 40.4 Å². The SMILES string of the molecule is Oc1ccccc1C=NCCC[Si](O)(O)O.Oc1ccccc1C=NCCC[Si](O)(O)O.[Co]. The van der Waals surface area contributed by atoms with E-state index in [0.717, 1.165) is 0 Å². The van der Waals surface area contributed by atoms with Gasteiger partial charge in [0.15, 0.2) is 0 Å². The smallest absolute Gasteiger partial charge is 0.492 e. The number of phenolic OH excluding ortho intramolecular Hbond substituents is 2. The van der Waals surface area contributed by atoms with Crippen molar-refractivity contribution in [3.63, 3.8) is 0 Å². The van der Waals surface area contributed by atoms with Crippen LogP contribution in [-0.4, -0.2) is 82.1 Å². The summed E-state index contributed by atoms with van der Waals surface area (Å²) in [5.41, 5.74) is 1.23. The molecule has 0 fully saturated rings. The number of phenols is 2. The monoisotopic (exact) mass is 541 g/mol. The second-order valence-electron chi connectivity index (χ2n) is 6.94. The molecule has 13 heteroatoms. The molecule has 2 rings (SSSR count). The predicted molar refractivity (Wildman–Crippen MR) is 125 cm³/mol. The standard InChI is InChI=1S/2C10H15NO4Si.Co/c2*12-10-5-2-1-4-9(10)8-11-6-3-7-16(13,14)15;/h2*1-2,4-5,8,12-15H,3,6-7H2;. The van der Waals surface area contributed by atoms with Gasteiger partial charge in [0.05, 0.1) is 0 Å². The molecule has 8 N–H and O–H groups in total. The average Bonchev–Trinajstić information content (AvgIpc) is 2.69. The van der Waals surface area contributed by atoms with Gasteiger partial charge in [-0.05, 0) is 37.1 Å². The van der Waals surface area contributed by atoms with Crippen molar-refractivity contribution in [2.45, 2.75) is 24.9 Å². The largest absolute Gasteiger partial charge is 0.507 e. The van der Waals surface area contributed by atoms with E-state index in [2.05, 4.69) is 9.98 Å². The zero-order chi connectivity index (χ0) is 24.0. The number of hydrogen-bond acceptors (Lipinski definition) is 10. The van der Waals surface area contributed by atoms with E-state index in [1.807, 2.05) is 0 Å². The molecule has 185 valence electrons. The van der Waals surface area contributed by atoms with Gasteiger partial charge in [-0.2, -0.15) is 0 Å². The van der Waals surface area contributed by atoms with Gasteiger partial charge >= 0.3 is 17.6 Å². The minimum absolute atomic E-state index is 0. The number of aromatic hydroxyl groups is 2. The maximum Gasteiger partial charge on any atom is 0.492 e. The van der Waals surface area contributed by atoms with Crippen LogP contribution in [0.25, 0.3) is 0 Å².